The zero-order valence-electron chi connectivity index (χ0n) is 20.1. The first-order chi connectivity index (χ1) is 15.8. The molecule has 2 heterocycles. The number of rotatable bonds is 3. The van der Waals surface area contributed by atoms with Gasteiger partial charge in [0.15, 0.2) is 5.78 Å². The van der Waals surface area contributed by atoms with E-state index in [1.54, 1.807) is 0 Å². The van der Waals surface area contributed by atoms with E-state index in [2.05, 4.69) is 48.1 Å². The van der Waals surface area contributed by atoms with E-state index in [-0.39, 0.29) is 51.8 Å². The van der Waals surface area contributed by atoms with E-state index in [9.17, 15) is 4.79 Å². The standard InChI is InChI=1S/2C12H10N.C5H8O2.2Ir/c2*1-10-7-8-13-12(9-10)11-5-3-2-4-6-11;1-4(6)3-5(2)7;;/h2*2-5,7-9H,1H3;3,6H,1-2H3;;/q2*-1;;;. The smallest absolute Gasteiger partial charge is 0.155 e. The Morgan fingerprint density at radius 1 is 0.771 bits per heavy atom. The molecule has 35 heavy (non-hydrogen) atoms. The minimum Gasteiger partial charge on any atom is -0.512 e. The molecular formula is C29H28Ir2N2O2-2. The monoisotopic (exact) mass is 822 g/mol. The van der Waals surface area contributed by atoms with Gasteiger partial charge in [-0.15, -0.1) is 71.8 Å². The predicted molar refractivity (Wildman–Crippen MR) is 134 cm³/mol. The zero-order chi connectivity index (χ0) is 24.1. The summed E-state index contributed by atoms with van der Waals surface area (Å²) in [6.45, 7) is 6.98. The number of aromatic nitrogens is 2. The fourth-order valence-corrected chi connectivity index (χ4v) is 2.77. The molecule has 0 fully saturated rings. The van der Waals surface area contributed by atoms with Crippen molar-refractivity contribution >= 4 is 5.78 Å². The van der Waals surface area contributed by atoms with Gasteiger partial charge < -0.3 is 15.1 Å². The Morgan fingerprint density at radius 2 is 1.20 bits per heavy atom. The van der Waals surface area contributed by atoms with Crippen molar-refractivity contribution in [3.63, 3.8) is 0 Å². The molecule has 1 N–H and O–H groups in total. The molecule has 0 amide bonds. The van der Waals surface area contributed by atoms with E-state index < -0.39 is 0 Å². The first-order valence-corrected chi connectivity index (χ1v) is 10.5. The molecule has 4 aromatic rings. The molecule has 2 radical (unpaired) electrons. The van der Waals surface area contributed by atoms with Crippen LogP contribution in [0.1, 0.15) is 25.0 Å². The van der Waals surface area contributed by atoms with Gasteiger partial charge >= 0.3 is 0 Å². The molecule has 2 aromatic heterocycles. The number of allylic oxidation sites excluding steroid dienone is 2. The van der Waals surface area contributed by atoms with E-state index in [4.69, 9.17) is 5.11 Å². The summed E-state index contributed by atoms with van der Waals surface area (Å²) in [5, 5.41) is 8.36. The number of aliphatic hydroxyl groups excluding tert-OH is 1. The summed E-state index contributed by atoms with van der Waals surface area (Å²) < 4.78 is 0. The first kappa shape index (κ1) is 32.2. The topological polar surface area (TPSA) is 63.1 Å². The van der Waals surface area contributed by atoms with Gasteiger partial charge in [0, 0.05) is 58.7 Å². The number of pyridine rings is 2. The fourth-order valence-electron chi connectivity index (χ4n) is 2.77. The van der Waals surface area contributed by atoms with Crippen LogP contribution in [0.4, 0.5) is 0 Å². The van der Waals surface area contributed by atoms with Crippen LogP contribution in [0.3, 0.4) is 0 Å². The molecule has 4 nitrogen and oxygen atoms in total. The van der Waals surface area contributed by atoms with Crippen LogP contribution in [0.5, 0.6) is 0 Å². The molecule has 0 saturated heterocycles. The Bertz CT molecular complexity index is 1100. The van der Waals surface area contributed by atoms with Crippen molar-refractivity contribution in [3.8, 4) is 22.5 Å². The SMILES string of the molecule is CC(=O)C=C(C)O.Cc1ccnc(-c2[c-]cccc2)c1.Cc1ccnc(-c2[c-]cccc2)c1.[Ir].[Ir]. The summed E-state index contributed by atoms with van der Waals surface area (Å²) in [6.07, 6.45) is 4.82. The van der Waals surface area contributed by atoms with Crippen molar-refractivity contribution in [1.29, 1.82) is 0 Å². The molecular weight excluding hydrogens is 793 g/mol. The van der Waals surface area contributed by atoms with Gasteiger partial charge in [-0.25, -0.2) is 0 Å². The Hall–Kier alpha value is -2.75. The van der Waals surface area contributed by atoms with Crippen molar-refractivity contribution in [3.05, 3.63) is 120 Å². The number of hydrogen-bond acceptors (Lipinski definition) is 4. The first-order valence-electron chi connectivity index (χ1n) is 10.5. The third-order valence-corrected chi connectivity index (χ3v) is 4.21. The van der Waals surface area contributed by atoms with Crippen molar-refractivity contribution in [2.45, 2.75) is 27.7 Å². The van der Waals surface area contributed by atoms with E-state index >= 15 is 0 Å². The van der Waals surface area contributed by atoms with Gasteiger partial charge in [0.1, 0.15) is 0 Å². The van der Waals surface area contributed by atoms with E-state index in [1.807, 2.05) is 73.1 Å². The summed E-state index contributed by atoms with van der Waals surface area (Å²) in [7, 11) is 0. The second kappa shape index (κ2) is 17.6. The van der Waals surface area contributed by atoms with Crippen LogP contribution in [-0.4, -0.2) is 20.9 Å². The largest absolute Gasteiger partial charge is 0.512 e. The van der Waals surface area contributed by atoms with E-state index in [0.717, 1.165) is 22.5 Å². The Kier molecular flexibility index (Phi) is 16.3. The molecule has 6 heteroatoms. The van der Waals surface area contributed by atoms with Crippen LogP contribution in [0.2, 0.25) is 0 Å². The van der Waals surface area contributed by atoms with Gasteiger partial charge in [-0.2, -0.15) is 0 Å². The average Bonchev–Trinajstić information content (AvgIpc) is 2.80. The Labute approximate surface area is 235 Å². The van der Waals surface area contributed by atoms with Crippen LogP contribution in [-0.2, 0) is 45.0 Å². The molecule has 0 bridgehead atoms. The molecule has 0 saturated carbocycles. The van der Waals surface area contributed by atoms with Gasteiger partial charge in [-0.1, -0.05) is 23.3 Å². The molecule has 2 aromatic carbocycles. The predicted octanol–water partition coefficient (Wildman–Crippen LogP) is 6.75. The Morgan fingerprint density at radius 3 is 1.46 bits per heavy atom. The molecule has 186 valence electrons. The fraction of sp³-hybridized carbons (Fsp3) is 0.138. The summed E-state index contributed by atoms with van der Waals surface area (Å²) >= 11 is 0. The maximum atomic E-state index is 10.0. The second-order valence-electron chi connectivity index (χ2n) is 7.39. The van der Waals surface area contributed by atoms with Crippen LogP contribution < -0.4 is 0 Å². The number of hydrogen-bond donors (Lipinski definition) is 1. The van der Waals surface area contributed by atoms with Crippen molar-refractivity contribution in [2.24, 2.45) is 0 Å². The number of carbonyl (C=O) groups is 1. The number of carbonyl (C=O) groups excluding carboxylic acids is 1. The molecule has 0 aliphatic rings. The second-order valence-corrected chi connectivity index (χ2v) is 7.39. The Balaban J connectivity index is 0.000000506. The van der Waals surface area contributed by atoms with Crippen LogP contribution in [0, 0.1) is 26.0 Å². The molecule has 0 aliphatic carbocycles. The van der Waals surface area contributed by atoms with Gasteiger partial charge in [-0.05, 0) is 51.2 Å². The summed E-state index contributed by atoms with van der Waals surface area (Å²) in [6, 6.07) is 30.1. The van der Waals surface area contributed by atoms with Crippen LogP contribution in [0.25, 0.3) is 22.5 Å². The maximum Gasteiger partial charge on any atom is 0.155 e. The third-order valence-electron chi connectivity index (χ3n) is 4.21. The average molecular weight is 821 g/mol. The molecule has 0 spiro atoms. The minimum absolute atomic E-state index is 0. The van der Waals surface area contributed by atoms with Crippen molar-refractivity contribution in [1.82, 2.24) is 9.97 Å². The third kappa shape index (κ3) is 13.1. The number of aryl methyl sites for hydroxylation is 2. The van der Waals surface area contributed by atoms with E-state index in [0.29, 0.717) is 0 Å². The number of aliphatic hydroxyl groups is 1. The van der Waals surface area contributed by atoms with Gasteiger partial charge in [0.25, 0.3) is 0 Å². The van der Waals surface area contributed by atoms with Gasteiger partial charge in [0.05, 0.1) is 5.76 Å². The number of ketones is 1. The zero-order valence-corrected chi connectivity index (χ0v) is 24.9. The minimum atomic E-state index is -0.125. The molecule has 0 aliphatic heterocycles. The molecule has 0 atom stereocenters. The molecule has 4 rings (SSSR count). The van der Waals surface area contributed by atoms with E-state index in [1.165, 1.54) is 31.1 Å². The van der Waals surface area contributed by atoms with Crippen LogP contribution in [0.15, 0.2) is 97.0 Å². The summed E-state index contributed by atoms with van der Waals surface area (Å²) in [5.41, 5.74) is 6.52. The quantitative estimate of drug-likeness (QED) is 0.141. The number of nitrogens with zero attached hydrogens (tertiary/aromatic N) is 2. The molecule has 0 unspecified atom stereocenters. The van der Waals surface area contributed by atoms with Crippen molar-refractivity contribution < 1.29 is 50.1 Å². The summed E-state index contributed by atoms with van der Waals surface area (Å²) in [4.78, 5) is 18.6. The van der Waals surface area contributed by atoms with Crippen molar-refractivity contribution in [2.75, 3.05) is 0 Å². The maximum absolute atomic E-state index is 10.0. The van der Waals surface area contributed by atoms with Crippen LogP contribution >= 0.6 is 0 Å². The normalized spacial score (nSPS) is 9.66. The number of benzene rings is 2. The van der Waals surface area contributed by atoms with Gasteiger partial charge in [0.2, 0.25) is 0 Å². The van der Waals surface area contributed by atoms with Gasteiger partial charge in [-0.3, -0.25) is 4.79 Å². The summed E-state index contributed by atoms with van der Waals surface area (Å²) in [5.74, 6) is -0.0625.